The molecular formula is C26H26N6O3S. The van der Waals surface area contributed by atoms with Gasteiger partial charge in [0.25, 0.3) is 5.91 Å². The Balaban J connectivity index is 1.41. The highest BCUT2D eigenvalue weighted by Gasteiger charge is 2.16. The van der Waals surface area contributed by atoms with E-state index in [9.17, 15) is 9.90 Å². The zero-order valence-corrected chi connectivity index (χ0v) is 20.7. The van der Waals surface area contributed by atoms with Crippen LogP contribution in [0.15, 0.2) is 83.1 Å². The van der Waals surface area contributed by atoms with Crippen LogP contribution in [0.25, 0.3) is 5.69 Å². The van der Waals surface area contributed by atoms with Crippen molar-refractivity contribution in [1.82, 2.24) is 20.2 Å². The molecule has 1 amide bonds. The van der Waals surface area contributed by atoms with Crippen molar-refractivity contribution in [2.24, 2.45) is 5.10 Å². The molecule has 4 aromatic rings. The molecular weight excluding hydrogens is 476 g/mol. The van der Waals surface area contributed by atoms with Gasteiger partial charge in [0, 0.05) is 11.4 Å². The van der Waals surface area contributed by atoms with Crippen LogP contribution in [0.1, 0.15) is 17.0 Å². The van der Waals surface area contributed by atoms with Gasteiger partial charge in [0.05, 0.1) is 25.6 Å². The topological polar surface area (TPSA) is 114 Å². The number of phenolic OH excluding ortho intramolecular Hbond substituents is 1. The number of carbonyl (C=O) groups excluding carboxylic acids is 1. The molecule has 10 heteroatoms. The molecule has 0 atom stereocenters. The number of aromatic nitrogens is 3. The van der Waals surface area contributed by atoms with E-state index >= 15 is 0 Å². The van der Waals surface area contributed by atoms with E-state index in [0.717, 1.165) is 17.2 Å². The third-order valence-electron chi connectivity index (χ3n) is 5.12. The monoisotopic (exact) mass is 502 g/mol. The predicted octanol–water partition coefficient (Wildman–Crippen LogP) is 4.14. The standard InChI is InChI=1S/C26H26N6O3S/c1-18-7-6-8-20(13-18)27-16-24-29-31-26(32(24)21-9-4-3-5-10-21)36-17-25(34)30-28-15-19-11-12-22(33)23(14-19)35-2/h3-15,27,33H,16-17H2,1-2H3,(H,30,34)/b28-15-. The highest BCUT2D eigenvalue weighted by molar-refractivity contribution is 7.99. The molecule has 36 heavy (non-hydrogen) atoms. The molecule has 0 radical (unpaired) electrons. The number of anilines is 1. The van der Waals surface area contributed by atoms with E-state index in [1.54, 1.807) is 12.1 Å². The van der Waals surface area contributed by atoms with E-state index in [4.69, 9.17) is 4.74 Å². The number of benzene rings is 3. The van der Waals surface area contributed by atoms with Gasteiger partial charge < -0.3 is 15.2 Å². The maximum absolute atomic E-state index is 12.4. The Morgan fingerprint density at radius 2 is 1.94 bits per heavy atom. The van der Waals surface area contributed by atoms with Crippen LogP contribution in [0.2, 0.25) is 0 Å². The van der Waals surface area contributed by atoms with Crippen LogP contribution in [0, 0.1) is 6.92 Å². The van der Waals surface area contributed by atoms with Crippen LogP contribution in [-0.2, 0) is 11.3 Å². The number of phenols is 1. The molecule has 3 N–H and O–H groups in total. The molecule has 0 saturated heterocycles. The lowest BCUT2D eigenvalue weighted by Crippen LogP contribution is -2.20. The minimum atomic E-state index is -0.288. The number of methoxy groups -OCH3 is 1. The van der Waals surface area contributed by atoms with Crippen molar-refractivity contribution in [1.29, 1.82) is 0 Å². The predicted molar refractivity (Wildman–Crippen MR) is 141 cm³/mol. The molecule has 3 aromatic carbocycles. The molecule has 0 spiro atoms. The number of para-hydroxylation sites is 1. The third-order valence-corrected chi connectivity index (χ3v) is 6.05. The average molecular weight is 503 g/mol. The minimum absolute atomic E-state index is 0.0334. The summed E-state index contributed by atoms with van der Waals surface area (Å²) in [6.45, 7) is 2.52. The smallest absolute Gasteiger partial charge is 0.250 e. The summed E-state index contributed by atoms with van der Waals surface area (Å²) in [4.78, 5) is 12.4. The summed E-state index contributed by atoms with van der Waals surface area (Å²) in [7, 11) is 1.47. The molecule has 0 saturated carbocycles. The minimum Gasteiger partial charge on any atom is -0.504 e. The lowest BCUT2D eigenvalue weighted by molar-refractivity contribution is -0.118. The number of hydrazone groups is 1. The Morgan fingerprint density at radius 3 is 2.72 bits per heavy atom. The van der Waals surface area contributed by atoms with Crippen molar-refractivity contribution in [2.45, 2.75) is 18.6 Å². The van der Waals surface area contributed by atoms with Crippen molar-refractivity contribution in [2.75, 3.05) is 18.2 Å². The maximum atomic E-state index is 12.4. The molecule has 9 nitrogen and oxygen atoms in total. The summed E-state index contributed by atoms with van der Waals surface area (Å²) in [6, 6.07) is 22.7. The number of aryl methyl sites for hydroxylation is 1. The van der Waals surface area contributed by atoms with Gasteiger partial charge >= 0.3 is 0 Å². The molecule has 0 unspecified atom stereocenters. The lowest BCUT2D eigenvalue weighted by Gasteiger charge is -2.11. The third kappa shape index (κ3) is 6.42. The van der Waals surface area contributed by atoms with Gasteiger partial charge in [-0.2, -0.15) is 5.10 Å². The lowest BCUT2D eigenvalue weighted by atomic mass is 10.2. The van der Waals surface area contributed by atoms with E-state index in [-0.39, 0.29) is 17.4 Å². The molecule has 1 heterocycles. The van der Waals surface area contributed by atoms with Crippen LogP contribution >= 0.6 is 11.8 Å². The van der Waals surface area contributed by atoms with Crippen molar-refractivity contribution in [3.63, 3.8) is 0 Å². The SMILES string of the molecule is COc1cc(/C=N\NC(=O)CSc2nnc(CNc3cccc(C)c3)n2-c2ccccc2)ccc1O. The molecule has 0 bridgehead atoms. The molecule has 184 valence electrons. The number of thioether (sulfide) groups is 1. The highest BCUT2D eigenvalue weighted by Crippen LogP contribution is 2.25. The van der Waals surface area contributed by atoms with E-state index in [0.29, 0.717) is 23.0 Å². The summed E-state index contributed by atoms with van der Waals surface area (Å²) in [5, 5.41) is 26.4. The Labute approximate surface area is 213 Å². The van der Waals surface area contributed by atoms with Gasteiger partial charge in [-0.1, -0.05) is 42.1 Å². The zero-order chi connectivity index (χ0) is 25.3. The molecule has 0 fully saturated rings. The first-order chi connectivity index (χ1) is 17.5. The Hall–Kier alpha value is -4.31. The second-order valence-electron chi connectivity index (χ2n) is 7.81. The molecule has 4 rings (SSSR count). The first-order valence-electron chi connectivity index (χ1n) is 11.2. The summed E-state index contributed by atoms with van der Waals surface area (Å²) in [5.74, 6) is 0.903. The number of nitrogens with one attached hydrogen (secondary N) is 2. The molecule has 0 aliphatic heterocycles. The van der Waals surface area contributed by atoms with Crippen LogP contribution in [0.4, 0.5) is 5.69 Å². The van der Waals surface area contributed by atoms with Gasteiger partial charge in [-0.05, 0) is 60.5 Å². The summed E-state index contributed by atoms with van der Waals surface area (Å²) < 4.78 is 7.01. The van der Waals surface area contributed by atoms with Crippen LogP contribution in [0.5, 0.6) is 11.5 Å². The van der Waals surface area contributed by atoms with E-state index in [2.05, 4.69) is 32.1 Å². The molecule has 0 aliphatic rings. The first-order valence-corrected chi connectivity index (χ1v) is 12.1. The number of amides is 1. The number of aromatic hydroxyl groups is 1. The molecule has 1 aromatic heterocycles. The van der Waals surface area contributed by atoms with Crippen LogP contribution < -0.4 is 15.5 Å². The van der Waals surface area contributed by atoms with Gasteiger partial charge in [0.15, 0.2) is 22.5 Å². The fourth-order valence-electron chi connectivity index (χ4n) is 3.40. The van der Waals surface area contributed by atoms with Crippen LogP contribution in [-0.4, -0.2) is 44.9 Å². The maximum Gasteiger partial charge on any atom is 0.250 e. The number of hydrogen-bond acceptors (Lipinski definition) is 8. The van der Waals surface area contributed by atoms with Crippen molar-refractivity contribution < 1.29 is 14.6 Å². The fourth-order valence-corrected chi connectivity index (χ4v) is 4.16. The number of hydrogen-bond donors (Lipinski definition) is 3. The van der Waals surface area contributed by atoms with E-state index in [1.165, 1.54) is 36.7 Å². The Bertz CT molecular complexity index is 1360. The highest BCUT2D eigenvalue weighted by atomic mass is 32.2. The Morgan fingerprint density at radius 1 is 1.11 bits per heavy atom. The zero-order valence-electron chi connectivity index (χ0n) is 19.9. The van der Waals surface area contributed by atoms with Gasteiger partial charge in [-0.25, -0.2) is 5.43 Å². The van der Waals surface area contributed by atoms with E-state index < -0.39 is 0 Å². The number of nitrogens with zero attached hydrogens (tertiary/aromatic N) is 4. The number of rotatable bonds is 10. The van der Waals surface area contributed by atoms with Crippen molar-refractivity contribution in [3.8, 4) is 17.2 Å². The summed E-state index contributed by atoms with van der Waals surface area (Å²) in [6.07, 6.45) is 1.48. The van der Waals surface area contributed by atoms with Crippen LogP contribution in [0.3, 0.4) is 0 Å². The average Bonchev–Trinajstić information content (AvgIpc) is 3.30. The van der Waals surface area contributed by atoms with Gasteiger partial charge in [0.1, 0.15) is 0 Å². The van der Waals surface area contributed by atoms with Crippen molar-refractivity contribution >= 4 is 29.6 Å². The second-order valence-corrected chi connectivity index (χ2v) is 8.75. The van der Waals surface area contributed by atoms with Crippen molar-refractivity contribution in [3.05, 3.63) is 89.7 Å². The number of ether oxygens (including phenoxy) is 1. The second kappa shape index (κ2) is 11.9. The van der Waals surface area contributed by atoms with Gasteiger partial charge in [-0.3, -0.25) is 9.36 Å². The summed E-state index contributed by atoms with van der Waals surface area (Å²) in [5.41, 5.74) is 6.25. The van der Waals surface area contributed by atoms with Gasteiger partial charge in [-0.15, -0.1) is 10.2 Å². The van der Waals surface area contributed by atoms with E-state index in [1.807, 2.05) is 60.0 Å². The molecule has 0 aliphatic carbocycles. The summed E-state index contributed by atoms with van der Waals surface area (Å²) >= 11 is 1.27. The normalized spacial score (nSPS) is 10.9. The van der Waals surface area contributed by atoms with Gasteiger partial charge in [0.2, 0.25) is 0 Å². The quantitative estimate of drug-likeness (QED) is 0.170. The number of carbonyl (C=O) groups is 1. The largest absolute Gasteiger partial charge is 0.504 e. The fraction of sp³-hybridized carbons (Fsp3) is 0.154. The first kappa shape index (κ1) is 24.8. The Kier molecular flexibility index (Phi) is 8.20.